The molecule has 0 radical (unpaired) electrons. The minimum absolute atomic E-state index is 0.0574. The SMILES string of the molecule is CC1=C2C[C@H]3[C@@H](CCC4=C[C@@H](O)CC[C@@]43C)[C@@H]2CCC2(C1)O[C@@H]1C[C@H](C)CN[C@H]1[C@H]2C. The van der Waals surface area contributed by atoms with Gasteiger partial charge < -0.3 is 15.2 Å². The molecule has 4 fully saturated rings. The number of aliphatic hydroxyl groups is 1. The average Bonchev–Trinajstić information content (AvgIpc) is 3.19. The van der Waals surface area contributed by atoms with E-state index in [2.05, 4.69) is 39.1 Å². The van der Waals surface area contributed by atoms with Crippen molar-refractivity contribution >= 4 is 0 Å². The lowest BCUT2D eigenvalue weighted by Crippen LogP contribution is -2.48. The van der Waals surface area contributed by atoms with Crippen LogP contribution in [0.5, 0.6) is 0 Å². The molecular weight excluding hydrogens is 382 g/mol. The summed E-state index contributed by atoms with van der Waals surface area (Å²) in [6, 6.07) is 0.551. The van der Waals surface area contributed by atoms with Crippen molar-refractivity contribution in [2.75, 3.05) is 6.54 Å². The van der Waals surface area contributed by atoms with Crippen LogP contribution in [0.25, 0.3) is 0 Å². The standard InChI is InChI=1S/C28H43NO2/c1-16-11-25-26(29-15-16)18(3)28(31-25)10-8-21-22-6-5-19-12-20(30)7-9-27(19,4)24(22)13-23(21)17(2)14-28/h12,16,18,20-22,24-26,29-30H,5-11,13-15H2,1-4H3/t16-,18+,20-,21-,22-,24-,25+,26-,27-,28?/m0/s1. The van der Waals surface area contributed by atoms with Crippen LogP contribution in [0.1, 0.15) is 85.5 Å². The quantitative estimate of drug-likeness (QED) is 0.511. The van der Waals surface area contributed by atoms with Crippen LogP contribution in [-0.4, -0.2) is 35.5 Å². The maximum absolute atomic E-state index is 10.2. The van der Waals surface area contributed by atoms with Gasteiger partial charge in [-0.2, -0.15) is 0 Å². The molecule has 6 rings (SSSR count). The molecule has 1 unspecified atom stereocenters. The number of allylic oxidation sites excluding steroid dienone is 2. The molecule has 3 heteroatoms. The Hall–Kier alpha value is -0.640. The highest BCUT2D eigenvalue weighted by molar-refractivity contribution is 5.33. The van der Waals surface area contributed by atoms with E-state index in [0.717, 1.165) is 43.1 Å². The first-order valence-electron chi connectivity index (χ1n) is 13.3. The van der Waals surface area contributed by atoms with Gasteiger partial charge in [0.05, 0.1) is 17.8 Å². The van der Waals surface area contributed by atoms with Gasteiger partial charge in [-0.3, -0.25) is 0 Å². The van der Waals surface area contributed by atoms with Gasteiger partial charge in [0.15, 0.2) is 0 Å². The number of aliphatic hydroxyl groups excluding tert-OH is 1. The lowest BCUT2D eigenvalue weighted by Gasteiger charge is -2.49. The highest BCUT2D eigenvalue weighted by atomic mass is 16.5. The molecule has 3 nitrogen and oxygen atoms in total. The summed E-state index contributed by atoms with van der Waals surface area (Å²) in [5.41, 5.74) is 5.44. The van der Waals surface area contributed by atoms with E-state index < -0.39 is 0 Å². The topological polar surface area (TPSA) is 41.5 Å². The van der Waals surface area contributed by atoms with Gasteiger partial charge in [0.1, 0.15) is 0 Å². The summed E-state index contributed by atoms with van der Waals surface area (Å²) >= 11 is 0. The summed E-state index contributed by atoms with van der Waals surface area (Å²) < 4.78 is 7.01. The molecule has 0 aromatic heterocycles. The van der Waals surface area contributed by atoms with Crippen LogP contribution in [0.3, 0.4) is 0 Å². The second kappa shape index (κ2) is 7.18. The molecule has 2 saturated heterocycles. The van der Waals surface area contributed by atoms with E-state index in [4.69, 9.17) is 4.74 Å². The summed E-state index contributed by atoms with van der Waals surface area (Å²) in [5.74, 6) is 3.74. The zero-order chi connectivity index (χ0) is 21.5. The molecule has 0 aromatic carbocycles. The summed E-state index contributed by atoms with van der Waals surface area (Å²) in [4.78, 5) is 0. The largest absolute Gasteiger partial charge is 0.389 e. The van der Waals surface area contributed by atoms with Gasteiger partial charge in [-0.1, -0.05) is 43.6 Å². The predicted octanol–water partition coefficient (Wildman–Crippen LogP) is 5.39. The van der Waals surface area contributed by atoms with E-state index in [1.165, 1.54) is 44.9 Å². The van der Waals surface area contributed by atoms with Gasteiger partial charge in [0.2, 0.25) is 0 Å². The van der Waals surface area contributed by atoms with Gasteiger partial charge in [-0.15, -0.1) is 0 Å². The highest BCUT2D eigenvalue weighted by Crippen LogP contribution is 2.64. The van der Waals surface area contributed by atoms with Crippen LogP contribution in [-0.2, 0) is 4.74 Å². The zero-order valence-electron chi connectivity index (χ0n) is 20.1. The fourth-order valence-corrected chi connectivity index (χ4v) is 9.28. The molecule has 0 amide bonds. The average molecular weight is 426 g/mol. The molecular formula is C28H43NO2. The number of hydrogen-bond acceptors (Lipinski definition) is 3. The van der Waals surface area contributed by atoms with E-state index in [1.54, 1.807) is 11.1 Å². The Kier molecular flexibility index (Phi) is 4.85. The molecule has 1 spiro atoms. The number of piperidine rings is 1. The van der Waals surface area contributed by atoms with Crippen molar-refractivity contribution in [2.24, 2.45) is 35.0 Å². The van der Waals surface area contributed by atoms with Gasteiger partial charge >= 0.3 is 0 Å². The first-order valence-corrected chi connectivity index (χ1v) is 13.3. The van der Waals surface area contributed by atoms with Crippen molar-refractivity contribution in [3.05, 3.63) is 22.8 Å². The molecule has 6 aliphatic rings. The van der Waals surface area contributed by atoms with E-state index >= 15 is 0 Å². The Labute approximate surface area is 189 Å². The molecule has 31 heavy (non-hydrogen) atoms. The highest BCUT2D eigenvalue weighted by Gasteiger charge is 2.58. The lowest BCUT2D eigenvalue weighted by atomic mass is 9.56. The number of hydrogen-bond donors (Lipinski definition) is 2. The van der Waals surface area contributed by atoms with E-state index in [1.807, 2.05) is 5.57 Å². The van der Waals surface area contributed by atoms with Crippen molar-refractivity contribution < 1.29 is 9.84 Å². The van der Waals surface area contributed by atoms with Crippen molar-refractivity contribution in [1.82, 2.24) is 5.32 Å². The number of ether oxygens (including phenoxy) is 1. The Bertz CT molecular complexity index is 816. The first-order chi connectivity index (χ1) is 14.8. The summed E-state index contributed by atoms with van der Waals surface area (Å²) in [7, 11) is 0. The van der Waals surface area contributed by atoms with Gasteiger partial charge in [0, 0.05) is 12.0 Å². The third-order valence-electron chi connectivity index (χ3n) is 11.1. The molecule has 2 aliphatic heterocycles. The molecule has 4 aliphatic carbocycles. The van der Waals surface area contributed by atoms with E-state index in [0.29, 0.717) is 23.5 Å². The molecule has 0 aromatic rings. The number of fused-ring (bicyclic) bond motifs is 6. The summed E-state index contributed by atoms with van der Waals surface area (Å²) in [6.45, 7) is 11.0. The lowest BCUT2D eigenvalue weighted by molar-refractivity contribution is -0.0721. The fraction of sp³-hybridized carbons (Fsp3) is 0.857. The van der Waals surface area contributed by atoms with Gasteiger partial charge in [0.25, 0.3) is 0 Å². The van der Waals surface area contributed by atoms with Gasteiger partial charge in [-0.05, 0) is 100 Å². The summed E-state index contributed by atoms with van der Waals surface area (Å²) in [6.07, 6.45) is 13.4. The van der Waals surface area contributed by atoms with Crippen LogP contribution >= 0.6 is 0 Å². The minimum atomic E-state index is -0.201. The number of nitrogens with one attached hydrogen (secondary N) is 1. The maximum Gasteiger partial charge on any atom is 0.0765 e. The van der Waals surface area contributed by atoms with Crippen LogP contribution in [0.15, 0.2) is 22.8 Å². The Morgan fingerprint density at radius 3 is 2.84 bits per heavy atom. The second-order valence-corrected chi connectivity index (χ2v) is 12.6. The van der Waals surface area contributed by atoms with Gasteiger partial charge in [-0.25, -0.2) is 0 Å². The van der Waals surface area contributed by atoms with E-state index in [-0.39, 0.29) is 11.7 Å². The molecule has 2 N–H and O–H groups in total. The number of rotatable bonds is 0. The van der Waals surface area contributed by atoms with Crippen LogP contribution in [0, 0.1) is 35.0 Å². The Balaban J connectivity index is 1.29. The maximum atomic E-state index is 10.2. The normalized spacial score (nSPS) is 54.0. The predicted molar refractivity (Wildman–Crippen MR) is 125 cm³/mol. The smallest absolute Gasteiger partial charge is 0.0765 e. The zero-order valence-corrected chi connectivity index (χ0v) is 20.1. The molecule has 10 atom stereocenters. The molecule has 172 valence electrons. The third-order valence-corrected chi connectivity index (χ3v) is 11.1. The molecule has 0 bridgehead atoms. The van der Waals surface area contributed by atoms with E-state index in [9.17, 15) is 5.11 Å². The molecule has 2 heterocycles. The Morgan fingerprint density at radius 1 is 1.16 bits per heavy atom. The van der Waals surface area contributed by atoms with Crippen molar-refractivity contribution in [1.29, 1.82) is 0 Å². The van der Waals surface area contributed by atoms with Crippen LogP contribution in [0.2, 0.25) is 0 Å². The van der Waals surface area contributed by atoms with Crippen molar-refractivity contribution in [2.45, 2.75) is 109 Å². The summed E-state index contributed by atoms with van der Waals surface area (Å²) in [5, 5.41) is 14.1. The Morgan fingerprint density at radius 2 is 2.00 bits per heavy atom. The molecule has 2 saturated carbocycles. The van der Waals surface area contributed by atoms with Crippen molar-refractivity contribution in [3.8, 4) is 0 Å². The van der Waals surface area contributed by atoms with Crippen LogP contribution in [0.4, 0.5) is 0 Å². The minimum Gasteiger partial charge on any atom is -0.389 e. The monoisotopic (exact) mass is 425 g/mol. The first kappa shape index (κ1) is 20.9. The van der Waals surface area contributed by atoms with Crippen molar-refractivity contribution in [3.63, 3.8) is 0 Å². The third kappa shape index (κ3) is 3.02. The second-order valence-electron chi connectivity index (χ2n) is 12.6. The van der Waals surface area contributed by atoms with Crippen LogP contribution < -0.4 is 5.32 Å². The fourth-order valence-electron chi connectivity index (χ4n) is 9.28.